The molecule has 0 spiro atoms. The minimum Gasteiger partial charge on any atom is -0.428 e. The van der Waals surface area contributed by atoms with Crippen molar-refractivity contribution in [2.75, 3.05) is 33.0 Å². The highest BCUT2D eigenvalue weighted by Crippen LogP contribution is 2.55. The van der Waals surface area contributed by atoms with Crippen LogP contribution in [0.5, 0.6) is 0 Å². The summed E-state index contributed by atoms with van der Waals surface area (Å²) in [7, 11) is 0. The smallest absolute Gasteiger partial charge is 0.335 e. The van der Waals surface area contributed by atoms with Crippen LogP contribution < -0.4 is 0 Å². The van der Waals surface area contributed by atoms with Gasteiger partial charge in [-0.15, -0.1) is 0 Å². The molecular weight excluding hydrogens is 388 g/mol. The molecule has 30 heavy (non-hydrogen) atoms. The van der Waals surface area contributed by atoms with Crippen LogP contribution in [0, 0.1) is 5.92 Å². The summed E-state index contributed by atoms with van der Waals surface area (Å²) in [5.41, 5.74) is -1.10. The third-order valence-electron chi connectivity index (χ3n) is 5.21. The normalized spacial score (nSPS) is 24.9. The van der Waals surface area contributed by atoms with E-state index in [1.54, 1.807) is 0 Å². The highest BCUT2D eigenvalue weighted by Gasteiger charge is 2.73. The van der Waals surface area contributed by atoms with E-state index in [2.05, 4.69) is 6.58 Å². The molecule has 0 aromatic carbocycles. The Morgan fingerprint density at radius 3 is 1.83 bits per heavy atom. The number of hydrogen-bond acceptors (Lipinski definition) is 7. The van der Waals surface area contributed by atoms with Gasteiger partial charge < -0.3 is 28.4 Å². The number of carbonyl (C=O) groups excluding carboxylic acids is 1. The summed E-state index contributed by atoms with van der Waals surface area (Å²) in [4.78, 5) is 12.1. The zero-order chi connectivity index (χ0) is 22.8. The number of carbonyl (C=O) groups is 1. The Morgan fingerprint density at radius 1 is 0.933 bits per heavy atom. The monoisotopic (exact) mass is 428 g/mol. The van der Waals surface area contributed by atoms with Crippen molar-refractivity contribution in [3.05, 3.63) is 24.5 Å². The molecule has 0 saturated carbocycles. The van der Waals surface area contributed by atoms with Crippen LogP contribution in [0.25, 0.3) is 0 Å². The zero-order valence-electron chi connectivity index (χ0n) is 19.7. The summed E-state index contributed by atoms with van der Waals surface area (Å²) >= 11 is 0. The van der Waals surface area contributed by atoms with E-state index < -0.39 is 29.1 Å². The molecule has 0 fully saturated rings. The second-order valence-corrected chi connectivity index (χ2v) is 6.98. The first kappa shape index (κ1) is 26.8. The summed E-state index contributed by atoms with van der Waals surface area (Å²) in [5, 5.41) is 0. The van der Waals surface area contributed by atoms with Crippen LogP contribution in [0.4, 0.5) is 0 Å². The second-order valence-electron chi connectivity index (χ2n) is 6.98. The van der Waals surface area contributed by atoms with Crippen molar-refractivity contribution >= 4 is 5.97 Å². The Hall–Kier alpha value is -1.25. The topological polar surface area (TPSA) is 72.5 Å². The van der Waals surface area contributed by atoms with Crippen molar-refractivity contribution in [2.24, 2.45) is 5.92 Å². The van der Waals surface area contributed by atoms with Gasteiger partial charge in [0.25, 0.3) is 5.79 Å². The molecule has 2 atom stereocenters. The van der Waals surface area contributed by atoms with Gasteiger partial charge in [0, 0.05) is 39.1 Å². The highest BCUT2D eigenvalue weighted by atomic mass is 16.8. The number of esters is 1. The molecule has 7 nitrogen and oxygen atoms in total. The van der Waals surface area contributed by atoms with E-state index in [1.165, 1.54) is 0 Å². The van der Waals surface area contributed by atoms with E-state index >= 15 is 0 Å². The molecule has 0 aromatic rings. The van der Waals surface area contributed by atoms with Gasteiger partial charge in [-0.1, -0.05) is 19.9 Å². The zero-order valence-corrected chi connectivity index (χ0v) is 19.7. The van der Waals surface area contributed by atoms with Crippen molar-refractivity contribution in [1.82, 2.24) is 0 Å². The van der Waals surface area contributed by atoms with Crippen molar-refractivity contribution < 1.29 is 33.2 Å². The Morgan fingerprint density at radius 2 is 1.43 bits per heavy atom. The number of ether oxygens (including phenoxy) is 6. The van der Waals surface area contributed by atoms with Crippen LogP contribution in [0.2, 0.25) is 0 Å². The van der Waals surface area contributed by atoms with Crippen LogP contribution in [-0.4, -0.2) is 56.2 Å². The molecule has 1 aliphatic carbocycles. The fourth-order valence-electron chi connectivity index (χ4n) is 4.37. The molecule has 0 saturated heterocycles. The number of hydrogen-bond donors (Lipinski definition) is 0. The summed E-state index contributed by atoms with van der Waals surface area (Å²) in [6.45, 7) is 18.7. The van der Waals surface area contributed by atoms with E-state index in [0.717, 1.165) is 12.5 Å². The Labute approximate surface area is 181 Å². The molecule has 0 heterocycles. The van der Waals surface area contributed by atoms with Gasteiger partial charge >= 0.3 is 5.97 Å². The first-order valence-electron chi connectivity index (χ1n) is 11.1. The maximum Gasteiger partial charge on any atom is 0.335 e. The maximum atomic E-state index is 12.1. The lowest BCUT2D eigenvalue weighted by atomic mass is 9.71. The van der Waals surface area contributed by atoms with Gasteiger partial charge in [0.05, 0.1) is 5.92 Å². The van der Waals surface area contributed by atoms with E-state index in [4.69, 9.17) is 28.4 Å². The third kappa shape index (κ3) is 4.65. The summed E-state index contributed by atoms with van der Waals surface area (Å²) in [6.07, 6.45) is 4.26. The largest absolute Gasteiger partial charge is 0.428 e. The number of rotatable bonds is 14. The molecule has 2 unspecified atom stereocenters. The Kier molecular flexibility index (Phi) is 10.7. The van der Waals surface area contributed by atoms with E-state index in [0.29, 0.717) is 45.2 Å². The summed E-state index contributed by atoms with van der Waals surface area (Å²) in [6, 6.07) is 0. The van der Waals surface area contributed by atoms with Gasteiger partial charge in [0.15, 0.2) is 0 Å². The molecule has 0 N–H and O–H groups in total. The quantitative estimate of drug-likeness (QED) is 0.231. The average Bonchev–Trinajstić information content (AvgIpc) is 2.71. The van der Waals surface area contributed by atoms with Gasteiger partial charge in [0.1, 0.15) is 11.4 Å². The lowest BCUT2D eigenvalue weighted by Gasteiger charge is -2.60. The minimum absolute atomic E-state index is 0.337. The lowest BCUT2D eigenvalue weighted by Crippen LogP contribution is -2.76. The summed E-state index contributed by atoms with van der Waals surface area (Å²) < 4.78 is 37.5. The van der Waals surface area contributed by atoms with E-state index in [9.17, 15) is 4.79 Å². The van der Waals surface area contributed by atoms with Gasteiger partial charge in [-0.2, -0.15) is 0 Å². The molecule has 7 heteroatoms. The fourth-order valence-corrected chi connectivity index (χ4v) is 4.37. The molecule has 0 bridgehead atoms. The van der Waals surface area contributed by atoms with Gasteiger partial charge in [0.2, 0.25) is 5.79 Å². The highest BCUT2D eigenvalue weighted by molar-refractivity contribution is 5.82. The van der Waals surface area contributed by atoms with Crippen LogP contribution in [0.1, 0.15) is 61.3 Å². The van der Waals surface area contributed by atoms with E-state index in [-0.39, 0.29) is 0 Å². The third-order valence-corrected chi connectivity index (χ3v) is 5.21. The van der Waals surface area contributed by atoms with Gasteiger partial charge in [-0.3, -0.25) is 0 Å². The maximum absolute atomic E-state index is 12.1. The fraction of sp³-hybridized carbons (Fsp3) is 0.783. The van der Waals surface area contributed by atoms with Crippen LogP contribution in [-0.2, 0) is 33.2 Å². The molecule has 0 amide bonds. The molecule has 174 valence electrons. The molecular formula is C23H40O7. The van der Waals surface area contributed by atoms with E-state index in [1.807, 2.05) is 54.5 Å². The predicted octanol–water partition coefficient (Wildman–Crippen LogP) is 4.36. The van der Waals surface area contributed by atoms with Crippen molar-refractivity contribution in [2.45, 2.75) is 78.5 Å². The van der Waals surface area contributed by atoms with Crippen LogP contribution >= 0.6 is 0 Å². The summed E-state index contributed by atoms with van der Waals surface area (Å²) in [5.74, 6) is -3.51. The molecule has 1 aliphatic rings. The molecule has 1 rings (SSSR count). The van der Waals surface area contributed by atoms with Crippen LogP contribution in [0.3, 0.4) is 0 Å². The molecule has 0 aromatic heterocycles. The molecule has 0 radical (unpaired) electrons. The molecule has 0 aliphatic heterocycles. The minimum atomic E-state index is -1.41. The van der Waals surface area contributed by atoms with Crippen molar-refractivity contribution in [3.63, 3.8) is 0 Å². The Balaban J connectivity index is 3.99. The van der Waals surface area contributed by atoms with Crippen molar-refractivity contribution in [3.8, 4) is 0 Å². The SMILES string of the molecule is C=CC(=O)OC1=CC(CCC)(OCC)C(OCC)(OCC)C(OCC)(OCC)C1C. The van der Waals surface area contributed by atoms with Crippen LogP contribution in [0.15, 0.2) is 24.5 Å². The standard InChI is InChI=1S/C23H40O7/c1-9-16-21(25-11-3)17-19(30-20(24)10-2)18(8)22(26-12-4,27-13-5)23(21,28-14-6)29-15-7/h10,17-18H,2,9,11-16H2,1,3-8H3. The average molecular weight is 429 g/mol. The van der Waals surface area contributed by atoms with Gasteiger partial charge in [-0.05, 0) is 54.0 Å². The first-order chi connectivity index (χ1) is 14.3. The van der Waals surface area contributed by atoms with Crippen molar-refractivity contribution in [1.29, 1.82) is 0 Å². The lowest BCUT2D eigenvalue weighted by molar-refractivity contribution is -0.463. The Bertz CT molecular complexity index is 566. The second kappa shape index (κ2) is 12.0. The first-order valence-corrected chi connectivity index (χ1v) is 11.1. The van der Waals surface area contributed by atoms with Gasteiger partial charge in [-0.25, -0.2) is 4.79 Å². The predicted molar refractivity (Wildman–Crippen MR) is 115 cm³/mol.